The number of aliphatic imine (C=N–C) groups is 1. The van der Waals surface area contributed by atoms with Crippen LogP contribution in [0.2, 0.25) is 0 Å². The van der Waals surface area contributed by atoms with Gasteiger partial charge in [0.05, 0.1) is 33.1 Å². The van der Waals surface area contributed by atoms with Crippen LogP contribution < -0.4 is 4.74 Å². The summed E-state index contributed by atoms with van der Waals surface area (Å²) in [5.74, 6) is -2.79. The van der Waals surface area contributed by atoms with Gasteiger partial charge in [0.1, 0.15) is 5.75 Å². The first-order chi connectivity index (χ1) is 15.9. The molecule has 2 aromatic carbocycles. The Labute approximate surface area is 192 Å². The topological polar surface area (TPSA) is 100 Å². The molecule has 0 amide bonds. The zero-order valence-corrected chi connectivity index (χ0v) is 19.1. The minimum Gasteiger partial charge on any atom is -0.497 e. The van der Waals surface area contributed by atoms with E-state index in [2.05, 4.69) is 4.99 Å². The number of hydrogen-bond acceptors (Lipinski definition) is 8. The van der Waals surface area contributed by atoms with Gasteiger partial charge >= 0.3 is 17.9 Å². The van der Waals surface area contributed by atoms with Crippen LogP contribution in [0, 0.1) is 5.41 Å². The fourth-order valence-corrected chi connectivity index (χ4v) is 4.17. The van der Waals surface area contributed by atoms with Gasteiger partial charge in [0.2, 0.25) is 5.41 Å². The van der Waals surface area contributed by atoms with E-state index in [1.54, 1.807) is 68.4 Å². The van der Waals surface area contributed by atoms with Gasteiger partial charge in [-0.3, -0.25) is 14.6 Å². The Hall–Kier alpha value is -3.68. The molecular formula is C25H27NO7. The van der Waals surface area contributed by atoms with E-state index in [1.807, 2.05) is 0 Å². The van der Waals surface area contributed by atoms with Crippen LogP contribution in [0.5, 0.6) is 5.75 Å². The van der Waals surface area contributed by atoms with Gasteiger partial charge in [0, 0.05) is 5.92 Å². The maximum absolute atomic E-state index is 13.6. The first-order valence-corrected chi connectivity index (χ1v) is 10.7. The molecule has 1 aliphatic heterocycles. The molecule has 174 valence electrons. The second-order valence-corrected chi connectivity index (χ2v) is 7.31. The van der Waals surface area contributed by atoms with Crippen LogP contribution in [-0.2, 0) is 28.6 Å². The highest BCUT2D eigenvalue weighted by molar-refractivity contribution is 6.30. The Balaban J connectivity index is 2.35. The van der Waals surface area contributed by atoms with E-state index in [9.17, 15) is 14.4 Å². The average Bonchev–Trinajstić information content (AvgIpc) is 3.21. The highest BCUT2D eigenvalue weighted by Crippen LogP contribution is 2.50. The summed E-state index contributed by atoms with van der Waals surface area (Å²) in [4.78, 5) is 44.8. The lowest BCUT2D eigenvalue weighted by atomic mass is 9.66. The van der Waals surface area contributed by atoms with E-state index >= 15 is 0 Å². The van der Waals surface area contributed by atoms with Gasteiger partial charge in [-0.05, 0) is 49.2 Å². The quantitative estimate of drug-likeness (QED) is 0.344. The van der Waals surface area contributed by atoms with Crippen molar-refractivity contribution in [3.8, 4) is 5.75 Å². The van der Waals surface area contributed by atoms with Crippen LogP contribution in [0.4, 0.5) is 0 Å². The highest BCUT2D eigenvalue weighted by atomic mass is 16.6. The molecule has 0 saturated carbocycles. The van der Waals surface area contributed by atoms with Crippen molar-refractivity contribution >= 4 is 23.6 Å². The summed E-state index contributed by atoms with van der Waals surface area (Å²) < 4.78 is 21.1. The van der Waals surface area contributed by atoms with E-state index in [0.717, 1.165) is 0 Å². The lowest BCUT2D eigenvalue weighted by molar-refractivity contribution is -0.167. The Morgan fingerprint density at radius 2 is 1.45 bits per heavy atom. The zero-order valence-electron chi connectivity index (χ0n) is 19.1. The highest BCUT2D eigenvalue weighted by Gasteiger charge is 2.66. The summed E-state index contributed by atoms with van der Waals surface area (Å²) >= 11 is 0. The minimum atomic E-state index is -2.01. The van der Waals surface area contributed by atoms with Crippen LogP contribution >= 0.6 is 0 Å². The van der Waals surface area contributed by atoms with E-state index < -0.39 is 35.3 Å². The Morgan fingerprint density at radius 3 is 1.94 bits per heavy atom. The summed E-state index contributed by atoms with van der Waals surface area (Å²) in [6, 6.07) is 14.3. The molecule has 8 heteroatoms. The third kappa shape index (κ3) is 4.20. The molecule has 33 heavy (non-hydrogen) atoms. The van der Waals surface area contributed by atoms with Crippen molar-refractivity contribution in [2.75, 3.05) is 27.4 Å². The first kappa shape index (κ1) is 24.0. The molecule has 0 unspecified atom stereocenters. The van der Waals surface area contributed by atoms with Crippen LogP contribution in [0.1, 0.15) is 30.9 Å². The number of carbonyl (C=O) groups is 3. The summed E-state index contributed by atoms with van der Waals surface area (Å²) in [5, 5.41) is 0. The number of rotatable bonds is 8. The largest absolute Gasteiger partial charge is 0.497 e. The van der Waals surface area contributed by atoms with Crippen molar-refractivity contribution in [3.63, 3.8) is 0 Å². The number of nitrogens with zero attached hydrogens (tertiary/aromatic N) is 1. The summed E-state index contributed by atoms with van der Waals surface area (Å²) in [6.07, 6.45) is 0. The van der Waals surface area contributed by atoms with Crippen LogP contribution in [-0.4, -0.2) is 57.1 Å². The number of carbonyl (C=O) groups excluding carboxylic acids is 3. The fraction of sp³-hybridized carbons (Fsp3) is 0.360. The van der Waals surface area contributed by atoms with Gasteiger partial charge in [0.25, 0.3) is 0 Å². The predicted octanol–water partition coefficient (Wildman–Crippen LogP) is 2.94. The Morgan fingerprint density at radius 1 is 0.879 bits per heavy atom. The number of hydrogen-bond donors (Lipinski definition) is 0. The molecule has 0 aromatic heterocycles. The SMILES string of the molecule is CCOC(=O)C1(C(=O)OCC)C(c2ccc(OC)cc2)=N[C@@H](C(=O)OC)[C@@H]1c1ccccc1. The molecule has 3 rings (SSSR count). The lowest BCUT2D eigenvalue weighted by Crippen LogP contribution is -2.52. The minimum absolute atomic E-state index is 0.0281. The standard InChI is InChI=1S/C25H27NO7/c1-5-32-23(28)25(24(29)33-6-2)19(16-10-8-7-9-11-16)20(22(27)31-4)26-21(25)17-12-14-18(30-3)15-13-17/h7-15,19-20H,5-6H2,1-4H3/t19-,20+/m0/s1. The maximum atomic E-state index is 13.6. The monoisotopic (exact) mass is 453 g/mol. The summed E-state index contributed by atoms with van der Waals surface area (Å²) in [6.45, 7) is 3.34. The number of methoxy groups -OCH3 is 2. The first-order valence-electron chi connectivity index (χ1n) is 10.7. The molecule has 0 spiro atoms. The van der Waals surface area contributed by atoms with Gasteiger partial charge in [-0.25, -0.2) is 4.79 Å². The fourth-order valence-electron chi connectivity index (χ4n) is 4.17. The van der Waals surface area contributed by atoms with E-state index in [4.69, 9.17) is 18.9 Å². The molecule has 1 heterocycles. The van der Waals surface area contributed by atoms with Crippen molar-refractivity contribution in [1.29, 1.82) is 0 Å². The van der Waals surface area contributed by atoms with Crippen molar-refractivity contribution < 1.29 is 33.3 Å². The third-order valence-corrected chi connectivity index (χ3v) is 5.58. The smallest absolute Gasteiger partial charge is 0.331 e. The van der Waals surface area contributed by atoms with Crippen molar-refractivity contribution in [3.05, 3.63) is 65.7 Å². The summed E-state index contributed by atoms with van der Waals surface area (Å²) in [5.41, 5.74) is -0.905. The van der Waals surface area contributed by atoms with Gasteiger partial charge in [-0.15, -0.1) is 0 Å². The molecule has 0 bridgehead atoms. The third-order valence-electron chi connectivity index (χ3n) is 5.58. The second-order valence-electron chi connectivity index (χ2n) is 7.31. The van der Waals surface area contributed by atoms with Crippen LogP contribution in [0.25, 0.3) is 0 Å². The van der Waals surface area contributed by atoms with E-state index in [0.29, 0.717) is 16.9 Å². The zero-order chi connectivity index (χ0) is 24.0. The Bertz CT molecular complexity index is 1010. The maximum Gasteiger partial charge on any atom is 0.331 e. The predicted molar refractivity (Wildman–Crippen MR) is 120 cm³/mol. The van der Waals surface area contributed by atoms with E-state index in [-0.39, 0.29) is 18.9 Å². The number of ether oxygens (including phenoxy) is 4. The molecule has 8 nitrogen and oxygen atoms in total. The average molecular weight is 453 g/mol. The van der Waals surface area contributed by atoms with Gasteiger partial charge in [-0.1, -0.05) is 30.3 Å². The van der Waals surface area contributed by atoms with E-state index in [1.165, 1.54) is 14.2 Å². The van der Waals surface area contributed by atoms with Crippen LogP contribution in [0.15, 0.2) is 59.6 Å². The van der Waals surface area contributed by atoms with Gasteiger partial charge in [0.15, 0.2) is 6.04 Å². The normalized spacial score (nSPS) is 18.7. The molecule has 0 radical (unpaired) electrons. The molecule has 0 saturated heterocycles. The molecule has 2 aromatic rings. The molecule has 1 aliphatic rings. The van der Waals surface area contributed by atoms with Crippen molar-refractivity contribution in [2.24, 2.45) is 10.4 Å². The van der Waals surface area contributed by atoms with Crippen LogP contribution in [0.3, 0.4) is 0 Å². The van der Waals surface area contributed by atoms with Gasteiger partial charge in [-0.2, -0.15) is 0 Å². The molecule has 0 aliphatic carbocycles. The molecule has 0 fully saturated rings. The van der Waals surface area contributed by atoms with Crippen molar-refractivity contribution in [1.82, 2.24) is 0 Å². The number of benzene rings is 2. The summed E-state index contributed by atoms with van der Waals surface area (Å²) in [7, 11) is 2.77. The Kier molecular flexibility index (Phi) is 7.48. The molecular weight excluding hydrogens is 426 g/mol. The van der Waals surface area contributed by atoms with Gasteiger partial charge < -0.3 is 18.9 Å². The second kappa shape index (κ2) is 10.3. The molecule has 0 N–H and O–H groups in total. The molecule has 2 atom stereocenters. The van der Waals surface area contributed by atoms with Crippen molar-refractivity contribution in [2.45, 2.75) is 25.8 Å². The lowest BCUT2D eigenvalue weighted by Gasteiger charge is -2.33. The number of esters is 3.